The Balaban J connectivity index is 1.94. The molecule has 24 heavy (non-hydrogen) atoms. The lowest BCUT2D eigenvalue weighted by molar-refractivity contribution is 0.174. The molecule has 4 heteroatoms. The zero-order valence-electron chi connectivity index (χ0n) is 14.2. The second-order valence-corrected chi connectivity index (χ2v) is 5.62. The van der Waals surface area contributed by atoms with Crippen LogP contribution in [0, 0.1) is 0 Å². The number of hydrogen-bond donors (Lipinski definition) is 0. The molecule has 0 saturated heterocycles. The van der Waals surface area contributed by atoms with Crippen LogP contribution in [0.5, 0.6) is 23.0 Å². The molecule has 2 aromatic rings. The molecule has 1 heterocycles. The van der Waals surface area contributed by atoms with Crippen molar-refractivity contribution in [1.29, 1.82) is 0 Å². The highest BCUT2D eigenvalue weighted by molar-refractivity contribution is 5.54. The first-order chi connectivity index (χ1) is 11.7. The van der Waals surface area contributed by atoms with Crippen LogP contribution in [-0.2, 0) is 0 Å². The van der Waals surface area contributed by atoms with Gasteiger partial charge in [0, 0.05) is 17.5 Å². The minimum atomic E-state index is 0.158. The van der Waals surface area contributed by atoms with E-state index in [1.165, 1.54) is 5.56 Å². The molecule has 1 aliphatic heterocycles. The molecule has 0 radical (unpaired) electrons. The molecule has 4 nitrogen and oxygen atoms in total. The summed E-state index contributed by atoms with van der Waals surface area (Å²) in [6, 6.07) is 12.0. The van der Waals surface area contributed by atoms with E-state index in [1.807, 2.05) is 43.3 Å². The van der Waals surface area contributed by atoms with Crippen molar-refractivity contribution in [1.82, 2.24) is 0 Å². The van der Waals surface area contributed by atoms with Crippen molar-refractivity contribution in [2.75, 3.05) is 20.5 Å². The number of benzene rings is 2. The average molecular weight is 326 g/mol. The molecule has 0 spiro atoms. The maximum absolute atomic E-state index is 5.94. The lowest BCUT2D eigenvalue weighted by Gasteiger charge is -2.18. The van der Waals surface area contributed by atoms with Crippen LogP contribution < -0.4 is 18.9 Å². The molecule has 126 valence electrons. The topological polar surface area (TPSA) is 36.9 Å². The van der Waals surface area contributed by atoms with E-state index in [-0.39, 0.29) is 12.7 Å². The first kappa shape index (κ1) is 16.2. The van der Waals surface area contributed by atoms with E-state index in [9.17, 15) is 0 Å². The van der Waals surface area contributed by atoms with Gasteiger partial charge in [-0.3, -0.25) is 0 Å². The highest BCUT2D eigenvalue weighted by atomic mass is 16.7. The van der Waals surface area contributed by atoms with Crippen LogP contribution in [0.15, 0.2) is 48.6 Å². The Morgan fingerprint density at radius 2 is 1.83 bits per heavy atom. The molecule has 0 aliphatic carbocycles. The quantitative estimate of drug-likeness (QED) is 0.731. The van der Waals surface area contributed by atoms with Gasteiger partial charge in [-0.2, -0.15) is 0 Å². The highest BCUT2D eigenvalue weighted by Gasteiger charge is 2.22. The second-order valence-electron chi connectivity index (χ2n) is 5.62. The van der Waals surface area contributed by atoms with Gasteiger partial charge in [0.1, 0.15) is 18.1 Å². The Hall–Kier alpha value is -2.62. The number of ether oxygens (including phenoxy) is 4. The fraction of sp³-hybridized carbons (Fsp3) is 0.300. The summed E-state index contributed by atoms with van der Waals surface area (Å²) in [7, 11) is 1.67. The number of rotatable bonds is 6. The van der Waals surface area contributed by atoms with Gasteiger partial charge < -0.3 is 18.9 Å². The van der Waals surface area contributed by atoms with Crippen LogP contribution in [0.1, 0.15) is 30.9 Å². The van der Waals surface area contributed by atoms with E-state index in [0.29, 0.717) is 6.61 Å². The summed E-state index contributed by atoms with van der Waals surface area (Å²) in [5.74, 6) is 3.33. The summed E-state index contributed by atoms with van der Waals surface area (Å²) in [5, 5.41) is 0. The van der Waals surface area contributed by atoms with Crippen LogP contribution in [0.3, 0.4) is 0 Å². The van der Waals surface area contributed by atoms with Crippen molar-refractivity contribution in [3.63, 3.8) is 0 Å². The van der Waals surface area contributed by atoms with E-state index >= 15 is 0 Å². The van der Waals surface area contributed by atoms with Gasteiger partial charge in [-0.1, -0.05) is 31.2 Å². The SMILES string of the molecule is CC=CCOc1cc2c(cc1C(C)c1ccc(OC)cc1)OCO2. The van der Waals surface area contributed by atoms with Crippen LogP contribution in [0.4, 0.5) is 0 Å². The molecule has 0 aromatic heterocycles. The summed E-state index contributed by atoms with van der Waals surface area (Å²) in [6.07, 6.45) is 3.95. The van der Waals surface area contributed by atoms with Crippen molar-refractivity contribution in [2.24, 2.45) is 0 Å². The van der Waals surface area contributed by atoms with Crippen molar-refractivity contribution in [2.45, 2.75) is 19.8 Å². The van der Waals surface area contributed by atoms with E-state index in [4.69, 9.17) is 18.9 Å². The zero-order valence-corrected chi connectivity index (χ0v) is 14.2. The summed E-state index contributed by atoms with van der Waals surface area (Å²) < 4.78 is 22.2. The first-order valence-electron chi connectivity index (χ1n) is 8.04. The number of allylic oxidation sites excluding steroid dienone is 1. The third-order valence-corrected chi connectivity index (χ3v) is 4.16. The summed E-state index contributed by atoms with van der Waals surface area (Å²) in [5.41, 5.74) is 2.26. The molecule has 0 fully saturated rings. The van der Waals surface area contributed by atoms with Gasteiger partial charge in [0.15, 0.2) is 11.5 Å². The van der Waals surface area contributed by atoms with Crippen molar-refractivity contribution in [3.05, 3.63) is 59.7 Å². The average Bonchev–Trinajstić information content (AvgIpc) is 3.08. The van der Waals surface area contributed by atoms with E-state index in [1.54, 1.807) is 7.11 Å². The smallest absolute Gasteiger partial charge is 0.231 e. The Morgan fingerprint density at radius 3 is 2.50 bits per heavy atom. The van der Waals surface area contributed by atoms with Crippen molar-refractivity contribution in [3.8, 4) is 23.0 Å². The van der Waals surface area contributed by atoms with Gasteiger partial charge in [0.25, 0.3) is 0 Å². The maximum Gasteiger partial charge on any atom is 0.231 e. The standard InChI is InChI=1S/C20H22O4/c1-4-5-10-22-18-12-20-19(23-13-24-20)11-17(18)14(2)15-6-8-16(21-3)9-7-15/h4-9,11-12,14H,10,13H2,1-3H3. The van der Waals surface area contributed by atoms with E-state index in [0.717, 1.165) is 28.6 Å². The van der Waals surface area contributed by atoms with Crippen LogP contribution in [0.25, 0.3) is 0 Å². The number of methoxy groups -OCH3 is 1. The molecule has 0 saturated carbocycles. The predicted octanol–water partition coefficient (Wildman–Crippen LogP) is 4.53. The molecule has 1 aliphatic rings. The lowest BCUT2D eigenvalue weighted by atomic mass is 9.92. The molecular formula is C20H22O4. The summed E-state index contributed by atoms with van der Waals surface area (Å²) in [4.78, 5) is 0. The predicted molar refractivity (Wildman–Crippen MR) is 93.4 cm³/mol. The Kier molecular flexibility index (Phi) is 4.94. The number of fused-ring (bicyclic) bond motifs is 1. The third-order valence-electron chi connectivity index (χ3n) is 4.16. The van der Waals surface area contributed by atoms with E-state index < -0.39 is 0 Å². The first-order valence-corrected chi connectivity index (χ1v) is 8.04. The van der Waals surface area contributed by atoms with Crippen LogP contribution in [-0.4, -0.2) is 20.5 Å². The monoisotopic (exact) mass is 326 g/mol. The van der Waals surface area contributed by atoms with Gasteiger partial charge in [-0.05, 0) is 30.7 Å². The summed E-state index contributed by atoms with van der Waals surface area (Å²) in [6.45, 7) is 4.91. The second kappa shape index (κ2) is 7.30. The highest BCUT2D eigenvalue weighted by Crippen LogP contribution is 2.42. The maximum atomic E-state index is 5.94. The molecule has 0 N–H and O–H groups in total. The number of hydrogen-bond acceptors (Lipinski definition) is 4. The molecule has 1 unspecified atom stereocenters. The molecule has 0 bridgehead atoms. The Bertz CT molecular complexity index is 719. The molecular weight excluding hydrogens is 304 g/mol. The van der Waals surface area contributed by atoms with Gasteiger partial charge in [0.05, 0.1) is 7.11 Å². The van der Waals surface area contributed by atoms with Crippen LogP contribution >= 0.6 is 0 Å². The lowest BCUT2D eigenvalue weighted by Crippen LogP contribution is -2.02. The zero-order chi connectivity index (χ0) is 16.9. The minimum absolute atomic E-state index is 0.158. The Morgan fingerprint density at radius 1 is 1.12 bits per heavy atom. The molecule has 1 atom stereocenters. The van der Waals surface area contributed by atoms with Gasteiger partial charge >= 0.3 is 0 Å². The summed E-state index contributed by atoms with van der Waals surface area (Å²) >= 11 is 0. The fourth-order valence-corrected chi connectivity index (χ4v) is 2.71. The normalized spacial score (nSPS) is 14.0. The van der Waals surface area contributed by atoms with Gasteiger partial charge in [-0.15, -0.1) is 0 Å². The molecule has 2 aromatic carbocycles. The van der Waals surface area contributed by atoms with Crippen molar-refractivity contribution < 1.29 is 18.9 Å². The van der Waals surface area contributed by atoms with Crippen LogP contribution in [0.2, 0.25) is 0 Å². The van der Waals surface area contributed by atoms with Gasteiger partial charge in [-0.25, -0.2) is 0 Å². The van der Waals surface area contributed by atoms with Crippen molar-refractivity contribution >= 4 is 0 Å². The molecule has 3 rings (SSSR count). The Labute approximate surface area is 142 Å². The largest absolute Gasteiger partial charge is 0.497 e. The fourth-order valence-electron chi connectivity index (χ4n) is 2.71. The third kappa shape index (κ3) is 3.32. The molecule has 0 amide bonds. The van der Waals surface area contributed by atoms with E-state index in [2.05, 4.69) is 19.1 Å². The minimum Gasteiger partial charge on any atom is -0.497 e. The van der Waals surface area contributed by atoms with Gasteiger partial charge in [0.2, 0.25) is 6.79 Å².